The SMILES string of the molecule is CC(C)[C@H](N)C(=O)N(C)[C@H](Cc1ccccc1)C(=O)N[C@@H](CCCCN)C(=O)N1CCCC1. The molecule has 1 fully saturated rings. The summed E-state index contributed by atoms with van der Waals surface area (Å²) in [5.41, 5.74) is 12.7. The summed E-state index contributed by atoms with van der Waals surface area (Å²) in [6, 6.07) is 7.47. The molecule has 8 heteroatoms. The van der Waals surface area contributed by atoms with Gasteiger partial charge in [0.05, 0.1) is 6.04 Å². The van der Waals surface area contributed by atoms with Crippen LogP contribution in [-0.2, 0) is 20.8 Å². The van der Waals surface area contributed by atoms with E-state index in [2.05, 4.69) is 5.32 Å². The van der Waals surface area contributed by atoms with Crippen molar-refractivity contribution in [2.24, 2.45) is 17.4 Å². The van der Waals surface area contributed by atoms with Crippen molar-refractivity contribution < 1.29 is 14.4 Å². The zero-order chi connectivity index (χ0) is 24.4. The van der Waals surface area contributed by atoms with E-state index >= 15 is 0 Å². The number of nitrogens with two attached hydrogens (primary N) is 2. The number of unbranched alkanes of at least 4 members (excludes halogenated alkanes) is 1. The van der Waals surface area contributed by atoms with Crippen molar-refractivity contribution in [3.63, 3.8) is 0 Å². The van der Waals surface area contributed by atoms with Crippen LogP contribution in [-0.4, -0.2) is 72.3 Å². The molecule has 184 valence electrons. The van der Waals surface area contributed by atoms with Crippen LogP contribution in [0.15, 0.2) is 30.3 Å². The molecule has 0 radical (unpaired) electrons. The Morgan fingerprint density at radius 3 is 2.30 bits per heavy atom. The van der Waals surface area contributed by atoms with Crippen molar-refractivity contribution in [2.75, 3.05) is 26.7 Å². The van der Waals surface area contributed by atoms with Gasteiger partial charge in [-0.25, -0.2) is 0 Å². The van der Waals surface area contributed by atoms with Crippen LogP contribution in [0.2, 0.25) is 0 Å². The van der Waals surface area contributed by atoms with Gasteiger partial charge in [0.1, 0.15) is 12.1 Å². The van der Waals surface area contributed by atoms with Gasteiger partial charge in [0.15, 0.2) is 0 Å². The van der Waals surface area contributed by atoms with E-state index in [9.17, 15) is 14.4 Å². The number of nitrogens with one attached hydrogen (secondary N) is 1. The second kappa shape index (κ2) is 13.3. The number of hydrogen-bond donors (Lipinski definition) is 3. The van der Waals surface area contributed by atoms with Crippen molar-refractivity contribution in [2.45, 2.75) is 70.5 Å². The average molecular weight is 460 g/mol. The van der Waals surface area contributed by atoms with E-state index in [1.165, 1.54) is 4.90 Å². The third-order valence-electron chi connectivity index (χ3n) is 6.37. The van der Waals surface area contributed by atoms with Gasteiger partial charge in [0.25, 0.3) is 0 Å². The summed E-state index contributed by atoms with van der Waals surface area (Å²) >= 11 is 0. The van der Waals surface area contributed by atoms with Crippen molar-refractivity contribution >= 4 is 17.7 Å². The molecule has 2 rings (SSSR count). The van der Waals surface area contributed by atoms with E-state index in [-0.39, 0.29) is 23.6 Å². The molecule has 33 heavy (non-hydrogen) atoms. The summed E-state index contributed by atoms with van der Waals surface area (Å²) in [4.78, 5) is 42.9. The van der Waals surface area contributed by atoms with Crippen LogP contribution in [0.4, 0.5) is 0 Å². The number of hydrogen-bond acceptors (Lipinski definition) is 5. The lowest BCUT2D eigenvalue weighted by atomic mass is 9.99. The molecule has 5 N–H and O–H groups in total. The molecule has 0 unspecified atom stereocenters. The molecule has 8 nitrogen and oxygen atoms in total. The number of carbonyl (C=O) groups is 3. The standard InChI is InChI=1S/C25H41N5O3/c1-18(2)22(27)25(33)29(3)21(17-19-11-5-4-6-12-19)23(31)28-20(13-7-8-14-26)24(32)30-15-9-10-16-30/h4-6,11-12,18,20-22H,7-10,13-17,26-27H2,1-3H3,(H,28,31)/t20-,21+,22-/m0/s1. The molecule has 1 heterocycles. The molecule has 3 amide bonds. The molecule has 1 aliphatic heterocycles. The summed E-state index contributed by atoms with van der Waals surface area (Å²) in [6.07, 6.45) is 4.37. The highest BCUT2D eigenvalue weighted by Crippen LogP contribution is 2.15. The van der Waals surface area contributed by atoms with Crippen LogP contribution < -0.4 is 16.8 Å². The molecule has 3 atom stereocenters. The van der Waals surface area contributed by atoms with E-state index in [1.807, 2.05) is 49.1 Å². The van der Waals surface area contributed by atoms with Gasteiger partial charge in [-0.05, 0) is 50.1 Å². The highest BCUT2D eigenvalue weighted by molar-refractivity contribution is 5.93. The van der Waals surface area contributed by atoms with Gasteiger partial charge < -0.3 is 26.6 Å². The highest BCUT2D eigenvalue weighted by Gasteiger charge is 2.34. The molecule has 0 aliphatic carbocycles. The first-order valence-corrected chi connectivity index (χ1v) is 12.1. The number of rotatable bonds is 12. The number of likely N-dealkylation sites (N-methyl/N-ethyl adjacent to an activating group) is 1. The van der Waals surface area contributed by atoms with Gasteiger partial charge >= 0.3 is 0 Å². The quantitative estimate of drug-likeness (QED) is 0.407. The largest absolute Gasteiger partial charge is 0.342 e. The Labute approximate surface area is 198 Å². The monoisotopic (exact) mass is 459 g/mol. The number of nitrogens with zero attached hydrogens (tertiary/aromatic N) is 2. The lowest BCUT2D eigenvalue weighted by molar-refractivity contribution is -0.142. The Balaban J connectivity index is 2.23. The summed E-state index contributed by atoms with van der Waals surface area (Å²) in [6.45, 7) is 5.74. The van der Waals surface area contributed by atoms with Crippen molar-refractivity contribution in [3.05, 3.63) is 35.9 Å². The molecule has 0 bridgehead atoms. The van der Waals surface area contributed by atoms with E-state index < -0.39 is 18.1 Å². The number of likely N-dealkylation sites (tertiary alicyclic amines) is 1. The lowest BCUT2D eigenvalue weighted by Crippen LogP contribution is -2.57. The van der Waals surface area contributed by atoms with Gasteiger partial charge in [-0.3, -0.25) is 14.4 Å². The topological polar surface area (TPSA) is 122 Å². The molecule has 0 spiro atoms. The highest BCUT2D eigenvalue weighted by atomic mass is 16.2. The Morgan fingerprint density at radius 1 is 1.09 bits per heavy atom. The maximum Gasteiger partial charge on any atom is 0.245 e. The van der Waals surface area contributed by atoms with Crippen LogP contribution in [0, 0.1) is 5.92 Å². The molecule has 0 saturated carbocycles. The summed E-state index contributed by atoms with van der Waals surface area (Å²) in [5, 5.41) is 2.97. The lowest BCUT2D eigenvalue weighted by Gasteiger charge is -2.32. The average Bonchev–Trinajstić information content (AvgIpc) is 3.35. The minimum Gasteiger partial charge on any atom is -0.342 e. The van der Waals surface area contributed by atoms with Gasteiger partial charge in [0.2, 0.25) is 17.7 Å². The Morgan fingerprint density at radius 2 is 1.73 bits per heavy atom. The van der Waals surface area contributed by atoms with Crippen LogP contribution in [0.5, 0.6) is 0 Å². The predicted molar refractivity (Wildman–Crippen MR) is 130 cm³/mol. The minimum absolute atomic E-state index is 0.0517. The van der Waals surface area contributed by atoms with Crippen molar-refractivity contribution in [1.29, 1.82) is 0 Å². The number of amides is 3. The Kier molecular flexibility index (Phi) is 10.8. The van der Waals surface area contributed by atoms with Crippen LogP contribution in [0.3, 0.4) is 0 Å². The van der Waals surface area contributed by atoms with E-state index in [1.54, 1.807) is 7.05 Å². The van der Waals surface area contributed by atoms with Gasteiger partial charge in [0, 0.05) is 26.6 Å². The minimum atomic E-state index is -0.770. The van der Waals surface area contributed by atoms with E-state index in [0.717, 1.165) is 44.3 Å². The third-order valence-corrected chi connectivity index (χ3v) is 6.37. The summed E-state index contributed by atoms with van der Waals surface area (Å²) in [7, 11) is 1.61. The first kappa shape index (κ1) is 26.8. The molecule has 1 saturated heterocycles. The second-order valence-electron chi connectivity index (χ2n) is 9.30. The molecule has 1 aliphatic rings. The number of carbonyl (C=O) groups excluding carboxylic acids is 3. The molecule has 0 aromatic heterocycles. The maximum atomic E-state index is 13.5. The fraction of sp³-hybridized carbons (Fsp3) is 0.640. The van der Waals surface area contributed by atoms with Crippen molar-refractivity contribution in [3.8, 4) is 0 Å². The fourth-order valence-electron chi connectivity index (χ4n) is 4.09. The fourth-order valence-corrected chi connectivity index (χ4v) is 4.09. The summed E-state index contributed by atoms with van der Waals surface area (Å²) in [5.74, 6) is -0.729. The van der Waals surface area contributed by atoms with Gasteiger partial charge in [-0.2, -0.15) is 0 Å². The zero-order valence-corrected chi connectivity index (χ0v) is 20.3. The van der Waals surface area contributed by atoms with Crippen LogP contribution in [0.25, 0.3) is 0 Å². The van der Waals surface area contributed by atoms with E-state index in [0.29, 0.717) is 19.4 Å². The third kappa shape index (κ3) is 7.82. The Bertz CT molecular complexity index is 765. The van der Waals surface area contributed by atoms with Crippen molar-refractivity contribution in [1.82, 2.24) is 15.1 Å². The number of benzene rings is 1. The summed E-state index contributed by atoms with van der Waals surface area (Å²) < 4.78 is 0. The van der Waals surface area contributed by atoms with Crippen LogP contribution >= 0.6 is 0 Å². The molecular formula is C25H41N5O3. The van der Waals surface area contributed by atoms with Crippen LogP contribution in [0.1, 0.15) is 51.5 Å². The first-order valence-electron chi connectivity index (χ1n) is 12.1. The predicted octanol–water partition coefficient (Wildman–Crippen LogP) is 1.28. The first-order chi connectivity index (χ1) is 15.8. The van der Waals surface area contributed by atoms with E-state index in [4.69, 9.17) is 11.5 Å². The van der Waals surface area contributed by atoms with Gasteiger partial charge in [-0.15, -0.1) is 0 Å². The smallest absolute Gasteiger partial charge is 0.245 e. The molecule has 1 aromatic carbocycles. The second-order valence-corrected chi connectivity index (χ2v) is 9.30. The normalized spacial score (nSPS) is 16.4. The molecule has 1 aromatic rings. The maximum absolute atomic E-state index is 13.5. The van der Waals surface area contributed by atoms with Gasteiger partial charge in [-0.1, -0.05) is 44.2 Å². The molecular weight excluding hydrogens is 418 g/mol. The zero-order valence-electron chi connectivity index (χ0n) is 20.3. The Hall–Kier alpha value is -2.45.